The zero-order chi connectivity index (χ0) is 93.1. The van der Waals surface area contributed by atoms with Crippen LogP contribution in [-0.4, -0.2) is 243 Å². The molecule has 8 aromatic rings. The molecule has 2 amide bonds. The van der Waals surface area contributed by atoms with Crippen LogP contribution < -0.4 is 25.8 Å². The average Bonchev–Trinajstić information content (AvgIpc) is 0.782. The molecular weight excluding hydrogens is 1850 g/mol. The Balaban J connectivity index is 0.000000227. The summed E-state index contributed by atoms with van der Waals surface area (Å²) in [5.41, 5.74) is 17.2. The van der Waals surface area contributed by atoms with Gasteiger partial charge in [0, 0.05) is 145 Å². The Kier molecular flexibility index (Phi) is 47.2. The fourth-order valence-corrected chi connectivity index (χ4v) is 19.1. The smallest absolute Gasteiger partial charge is 0.319 e. The van der Waals surface area contributed by atoms with Gasteiger partial charge in [-0.2, -0.15) is 0 Å². The van der Waals surface area contributed by atoms with Gasteiger partial charge < -0.3 is 73.7 Å². The van der Waals surface area contributed by atoms with Crippen LogP contribution in [0.15, 0.2) is 183 Å². The molecule has 0 spiro atoms. The first kappa shape index (κ1) is 107. The first-order valence-corrected chi connectivity index (χ1v) is 49.2. The third-order valence-corrected chi connectivity index (χ3v) is 27.1. The van der Waals surface area contributed by atoms with Crippen molar-refractivity contribution in [3.63, 3.8) is 0 Å². The number of likely N-dealkylation sites (N-methyl/N-ethyl adjacent to an activating group) is 3. The van der Waals surface area contributed by atoms with Gasteiger partial charge in [-0.1, -0.05) is 131 Å². The van der Waals surface area contributed by atoms with E-state index in [4.69, 9.17) is 118 Å². The topological polar surface area (TPSA) is 362 Å². The number of aryl methyl sites for hydroxylation is 1. The fourth-order valence-electron chi connectivity index (χ4n) is 14.1. The maximum atomic E-state index is 12.8. The van der Waals surface area contributed by atoms with Crippen molar-refractivity contribution in [3.8, 4) is 0 Å². The third kappa shape index (κ3) is 37.0. The molecule has 0 aromatic heterocycles. The van der Waals surface area contributed by atoms with Gasteiger partial charge in [0.1, 0.15) is 17.2 Å². The Morgan fingerprint density at radius 2 is 0.744 bits per heavy atom. The molecule has 11 rings (SSSR count). The number of amides is 2. The Labute approximate surface area is 787 Å². The molecule has 0 saturated heterocycles. The van der Waals surface area contributed by atoms with Crippen LogP contribution in [0.1, 0.15) is 106 Å². The summed E-state index contributed by atoms with van der Waals surface area (Å²) in [6.45, 7) is 16.7. The molecule has 3 aliphatic rings. The number of nitrogens with two attached hydrogens (primary N) is 1. The lowest BCUT2D eigenvalue weighted by Gasteiger charge is -2.33. The van der Waals surface area contributed by atoms with Crippen LogP contribution >= 0.6 is 69.6 Å². The molecule has 29 nitrogen and oxygen atoms in total. The van der Waals surface area contributed by atoms with Crippen LogP contribution in [0.2, 0.25) is 30.1 Å². The van der Waals surface area contributed by atoms with Gasteiger partial charge in [-0.15, -0.1) is 9.81 Å². The minimum atomic E-state index is -3.69. The summed E-state index contributed by atoms with van der Waals surface area (Å²) in [5.74, 6) is 0.408. The van der Waals surface area contributed by atoms with Crippen molar-refractivity contribution in [1.29, 1.82) is 0 Å². The van der Waals surface area contributed by atoms with Gasteiger partial charge in [-0.3, -0.25) is 4.79 Å². The fraction of sp³-hybridized carbons (Fsp3) is 0.451. The van der Waals surface area contributed by atoms with Crippen molar-refractivity contribution in [2.24, 2.45) is 16.1 Å². The minimum Gasteiger partial charge on any atom is -0.379 e. The first-order valence-electron chi connectivity index (χ1n) is 42.3. The van der Waals surface area contributed by atoms with Gasteiger partial charge in [0.15, 0.2) is 9.84 Å². The number of hydrogen-bond donors (Lipinski definition) is 5. The molecule has 0 fully saturated rings. The number of nitroso groups, excluding NO2 is 2. The molecule has 38 heteroatoms. The van der Waals surface area contributed by atoms with Crippen LogP contribution in [-0.2, 0) is 96.9 Å². The van der Waals surface area contributed by atoms with E-state index in [9.17, 15) is 44.7 Å². The maximum Gasteiger partial charge on any atom is 0.319 e. The molecule has 0 saturated carbocycles. The van der Waals surface area contributed by atoms with E-state index < -0.39 is 29.9 Å². The predicted molar refractivity (Wildman–Crippen MR) is 507 cm³/mol. The summed E-state index contributed by atoms with van der Waals surface area (Å²) in [6, 6.07) is 45.1. The van der Waals surface area contributed by atoms with Crippen molar-refractivity contribution in [3.05, 3.63) is 253 Å². The molecule has 3 heterocycles. The van der Waals surface area contributed by atoms with Crippen LogP contribution in [0.4, 0.5) is 21.9 Å². The number of benzene rings is 8. The minimum absolute atomic E-state index is 0.0157. The number of halogens is 6. The molecule has 3 unspecified atom stereocenters. The zero-order valence-electron chi connectivity index (χ0n) is 73.1. The molecule has 0 radical (unpaired) electrons. The number of urea groups is 1. The van der Waals surface area contributed by atoms with Crippen molar-refractivity contribution >= 4 is 128 Å². The molecule has 3 aliphatic heterocycles. The number of ether oxygens (including phenoxy) is 9. The average molecular weight is 1960 g/mol. The molecule has 0 aliphatic carbocycles. The van der Waals surface area contributed by atoms with Gasteiger partial charge in [-0.05, 0) is 211 Å². The second-order valence-electron chi connectivity index (χ2n) is 30.5. The van der Waals surface area contributed by atoms with Gasteiger partial charge in [0.25, 0.3) is 0 Å². The summed E-state index contributed by atoms with van der Waals surface area (Å²) in [7, 11) is -4.63. The van der Waals surface area contributed by atoms with Gasteiger partial charge in [0.2, 0.25) is 20.0 Å². The Morgan fingerprint density at radius 1 is 0.419 bits per heavy atom. The van der Waals surface area contributed by atoms with E-state index in [2.05, 4.69) is 45.1 Å². The third-order valence-electron chi connectivity index (χ3n) is 20.6. The summed E-state index contributed by atoms with van der Waals surface area (Å²) in [6.07, 6.45) is 2.27. The second kappa shape index (κ2) is 56.8. The highest BCUT2D eigenvalue weighted by Gasteiger charge is 2.32. The van der Waals surface area contributed by atoms with Gasteiger partial charge in [-0.25, -0.2) is 39.5 Å². The first-order chi connectivity index (χ1) is 62.0. The van der Waals surface area contributed by atoms with Crippen molar-refractivity contribution in [1.82, 2.24) is 29.5 Å². The molecular formula is C91H116Cl6N10O19S3. The summed E-state index contributed by atoms with van der Waals surface area (Å²) in [5, 5.41) is 14.5. The number of nitrogens with zero attached hydrogens (tertiary/aromatic N) is 5. The highest BCUT2D eigenvalue weighted by molar-refractivity contribution is 7.91. The molecule has 3 atom stereocenters. The largest absolute Gasteiger partial charge is 0.379 e. The Morgan fingerprint density at radius 3 is 1.09 bits per heavy atom. The highest BCUT2D eigenvalue weighted by atomic mass is 35.5. The van der Waals surface area contributed by atoms with E-state index in [1.165, 1.54) is 24.3 Å². The van der Waals surface area contributed by atoms with Crippen LogP contribution in [0, 0.1) is 16.7 Å². The number of hydrogen-bond acceptors (Lipinski definition) is 25. The lowest BCUT2D eigenvalue weighted by Crippen LogP contribution is -2.31. The Hall–Kier alpha value is -7.11. The predicted octanol–water partition coefficient (Wildman–Crippen LogP) is 15.9. The van der Waals surface area contributed by atoms with E-state index in [0.29, 0.717) is 184 Å². The van der Waals surface area contributed by atoms with Gasteiger partial charge in [0.05, 0.1) is 126 Å². The number of fused-ring (bicyclic) bond motifs is 3. The Bertz CT molecular complexity index is 5140. The number of ketones is 1. The molecule has 704 valence electrons. The standard InChI is InChI=1S/C32H40Cl2N4O6S.C29H39Cl2NO6S.C24H33Cl2N3O5S.C6H4N2O2/c1-23-3-7-26(8-4-23)37-32(39)35-11-13-42-15-17-44-18-16-43-14-12-36-45(40,41)27-9-5-24(6-10-27)29-21-38(2)22-30-28(29)19-25(33)20-31(30)34;1-3-24(33)6-4-11-36-13-15-38-16-14-37-12-5-17-39(34,35)25-9-7-22(8-10-25)27-20-32(2)21-28-26(27)18-23(30)19-29(28)31;1-29-16-22(21-14-19(25)15-24(26)23(21)17-29)18-2-4-20(5-3-18)35(30,31)28-7-9-33-11-13-34-12-10-32-8-6-27;9-7-5-1-2-6(8-10)4-3-5/h3-10,19-20,29,36H,11-18,21-22H2,1-2H3,(H2,35,37,39);7-10,18-19,27H,3-6,11-17,20-21H2,1-2H3;2-5,14-15,22,28H,6-13,16-17,27H2,1H3;1-4H. The lowest BCUT2D eigenvalue weighted by molar-refractivity contribution is -0.119. The van der Waals surface area contributed by atoms with Gasteiger partial charge >= 0.3 is 6.03 Å². The van der Waals surface area contributed by atoms with Crippen molar-refractivity contribution in [2.45, 2.75) is 91.6 Å². The van der Waals surface area contributed by atoms with E-state index in [1.807, 2.05) is 114 Å². The molecule has 8 aromatic carbocycles. The quantitative estimate of drug-likeness (QED) is 0.0175. The SMILES string of the molecule is CCC(=O)CCCOCCOCCOCCCS(=O)(=O)c1ccc(C2CN(C)Cc3c(Cl)cc(Cl)cc32)cc1.CN1Cc2c(Cl)cc(Cl)cc2C(c2ccc(S(=O)(=O)NCCOCCOCCOCCN)cc2)C1.Cc1ccc(NC(=O)NCCOCCOCCOCCNS(=O)(=O)c2ccc(C3CN(C)Cc4c(Cl)cc(Cl)cc43)cc2)cc1.O=Nc1ccc(N=O)cc1. The number of sulfone groups is 1. The highest BCUT2D eigenvalue weighted by Crippen LogP contribution is 2.42. The summed E-state index contributed by atoms with van der Waals surface area (Å²) in [4.78, 5) is 50.1. The number of anilines is 1. The molecule has 129 heavy (non-hydrogen) atoms. The summed E-state index contributed by atoms with van der Waals surface area (Å²) < 4.78 is 130. The lowest BCUT2D eigenvalue weighted by atomic mass is 9.85. The number of carbonyl (C=O) groups excluding carboxylic acids is 2. The number of carbonyl (C=O) groups is 2. The summed E-state index contributed by atoms with van der Waals surface area (Å²) >= 11 is 38.2. The normalized spacial score (nSPS) is 15.2. The second-order valence-corrected chi connectivity index (χ2v) is 38.7. The van der Waals surface area contributed by atoms with Crippen LogP contribution in [0.25, 0.3) is 0 Å². The van der Waals surface area contributed by atoms with E-state index in [-0.39, 0.29) is 71.4 Å². The number of Topliss-reactive ketones (excluding diaryl/α,β-unsaturated/α-hetero) is 1. The molecule has 0 bridgehead atoms. The van der Waals surface area contributed by atoms with E-state index in [1.54, 1.807) is 54.6 Å². The number of nitrogens with one attached hydrogen (secondary N) is 4. The van der Waals surface area contributed by atoms with Crippen LogP contribution in [0.3, 0.4) is 0 Å². The van der Waals surface area contributed by atoms with E-state index >= 15 is 0 Å². The monoisotopic (exact) mass is 1960 g/mol. The van der Waals surface area contributed by atoms with Crippen molar-refractivity contribution in [2.75, 3.05) is 197 Å². The van der Waals surface area contributed by atoms with E-state index in [0.717, 1.165) is 107 Å². The number of rotatable bonds is 49. The van der Waals surface area contributed by atoms with Crippen LogP contribution in [0.5, 0.6) is 0 Å². The van der Waals surface area contributed by atoms with Crippen molar-refractivity contribution < 1.29 is 77.5 Å². The maximum absolute atomic E-state index is 12.8. The molecule has 6 N–H and O–H groups in total. The zero-order valence-corrected chi connectivity index (χ0v) is 80.1. The number of sulfonamides is 2.